The lowest BCUT2D eigenvalue weighted by molar-refractivity contribution is 0.266. The minimum atomic E-state index is -0.351. The van der Waals surface area contributed by atoms with Gasteiger partial charge in [0.15, 0.2) is 6.23 Å². The summed E-state index contributed by atoms with van der Waals surface area (Å²) in [6.45, 7) is 2.22. The van der Waals surface area contributed by atoms with E-state index in [0.717, 1.165) is 18.4 Å². The summed E-state index contributed by atoms with van der Waals surface area (Å²) in [6.07, 6.45) is 11.2. The van der Waals surface area contributed by atoms with Crippen molar-refractivity contribution in [2.45, 2.75) is 50.9 Å². The molecule has 1 aromatic carbocycles. The number of rotatable bonds is 7. The number of halogens is 2. The lowest BCUT2D eigenvalue weighted by atomic mass is 9.91. The predicted molar refractivity (Wildman–Crippen MR) is 89.2 cm³/mol. The van der Waals surface area contributed by atoms with E-state index in [1.54, 1.807) is 18.6 Å². The van der Waals surface area contributed by atoms with E-state index in [0.29, 0.717) is 10.0 Å². The quantitative estimate of drug-likeness (QED) is 0.487. The second-order valence-electron chi connectivity index (χ2n) is 5.80. The fraction of sp³-hybridized carbons (Fsp3) is 0.471. The van der Waals surface area contributed by atoms with Crippen LogP contribution in [0, 0.1) is 0 Å². The molecule has 3 rings (SSSR count). The first-order chi connectivity index (χ1) is 10.7. The largest absolute Gasteiger partial charge is 0.339 e. The summed E-state index contributed by atoms with van der Waals surface area (Å²) in [5, 5.41) is 1.32. The lowest BCUT2D eigenvalue weighted by Crippen LogP contribution is -2.13. The van der Waals surface area contributed by atoms with Crippen molar-refractivity contribution in [1.82, 2.24) is 9.55 Å². The fourth-order valence-corrected chi connectivity index (χ4v) is 3.60. The van der Waals surface area contributed by atoms with Gasteiger partial charge in [-0.3, -0.25) is 0 Å². The van der Waals surface area contributed by atoms with Gasteiger partial charge in [0.05, 0.1) is 6.33 Å². The van der Waals surface area contributed by atoms with Gasteiger partial charge >= 0.3 is 0 Å². The predicted octanol–water partition coefficient (Wildman–Crippen LogP) is 5.58. The van der Waals surface area contributed by atoms with Crippen LogP contribution < -0.4 is 0 Å². The molecule has 0 spiro atoms. The molecule has 1 aliphatic rings. The van der Waals surface area contributed by atoms with Crippen LogP contribution in [0.4, 0.5) is 0 Å². The number of benzene rings is 1. The summed E-state index contributed by atoms with van der Waals surface area (Å²) in [5.74, 6) is 0. The highest BCUT2D eigenvalue weighted by Gasteiger charge is 2.59. The minimum Gasteiger partial charge on any atom is -0.339 e. The van der Waals surface area contributed by atoms with Crippen LogP contribution in [0.3, 0.4) is 0 Å². The van der Waals surface area contributed by atoms with Crippen LogP contribution in [-0.2, 0) is 10.3 Å². The van der Waals surface area contributed by atoms with Crippen molar-refractivity contribution in [2.75, 3.05) is 0 Å². The van der Waals surface area contributed by atoms with Gasteiger partial charge in [-0.2, -0.15) is 0 Å². The zero-order valence-electron chi connectivity index (χ0n) is 12.6. The Hall–Kier alpha value is -1.03. The fourth-order valence-electron chi connectivity index (χ4n) is 3.04. The molecule has 0 bridgehead atoms. The van der Waals surface area contributed by atoms with Crippen LogP contribution in [0.25, 0.3) is 0 Å². The van der Waals surface area contributed by atoms with Crippen molar-refractivity contribution < 1.29 is 4.74 Å². The van der Waals surface area contributed by atoms with E-state index >= 15 is 0 Å². The Morgan fingerprint density at radius 2 is 2.14 bits per heavy atom. The maximum Gasteiger partial charge on any atom is 0.169 e. The van der Waals surface area contributed by atoms with E-state index in [1.165, 1.54) is 19.3 Å². The van der Waals surface area contributed by atoms with Gasteiger partial charge < -0.3 is 9.30 Å². The average Bonchev–Trinajstić information content (AvgIpc) is 2.96. The summed E-state index contributed by atoms with van der Waals surface area (Å²) >= 11 is 12.5. The summed E-state index contributed by atoms with van der Waals surface area (Å²) < 4.78 is 8.14. The first-order valence-corrected chi connectivity index (χ1v) is 8.54. The third-order valence-corrected chi connectivity index (χ3v) is 4.80. The number of hydrogen-bond donors (Lipinski definition) is 0. The average molecular weight is 339 g/mol. The zero-order valence-corrected chi connectivity index (χ0v) is 14.1. The molecule has 1 fully saturated rings. The normalized spacial score (nSPS) is 23.7. The standard InChI is InChI=1S/C17H20Cl2N2O/c1-2-3-4-5-8-17(14-7-6-13(18)11-15(14)19)16(22-17)21-10-9-20-12-21/h6-7,9-12,16H,2-5,8H2,1H3. The number of aromatic nitrogens is 2. The van der Waals surface area contributed by atoms with Gasteiger partial charge in [0, 0.05) is 28.0 Å². The Bertz CT molecular complexity index is 630. The summed E-state index contributed by atoms with van der Waals surface area (Å²) in [5.41, 5.74) is 0.671. The molecule has 2 aromatic rings. The molecule has 1 aliphatic heterocycles. The number of hydrogen-bond acceptors (Lipinski definition) is 2. The molecule has 0 saturated carbocycles. The number of imidazole rings is 1. The first-order valence-electron chi connectivity index (χ1n) is 7.78. The van der Waals surface area contributed by atoms with Crippen LogP contribution in [0.5, 0.6) is 0 Å². The SMILES string of the molecule is CCCCCCC1(c2ccc(Cl)cc2Cl)OC1n1ccnc1. The Morgan fingerprint density at radius 3 is 2.82 bits per heavy atom. The number of unbranched alkanes of at least 4 members (excludes halogenated alkanes) is 3. The van der Waals surface area contributed by atoms with Crippen molar-refractivity contribution in [3.63, 3.8) is 0 Å². The van der Waals surface area contributed by atoms with Crippen LogP contribution >= 0.6 is 23.2 Å². The lowest BCUT2D eigenvalue weighted by Gasteiger charge is -2.15. The molecular weight excluding hydrogens is 319 g/mol. The maximum atomic E-state index is 6.43. The maximum absolute atomic E-state index is 6.43. The van der Waals surface area contributed by atoms with Crippen LogP contribution in [0.2, 0.25) is 10.0 Å². The molecule has 2 unspecified atom stereocenters. The van der Waals surface area contributed by atoms with Crippen molar-refractivity contribution in [1.29, 1.82) is 0 Å². The Morgan fingerprint density at radius 1 is 1.27 bits per heavy atom. The smallest absolute Gasteiger partial charge is 0.169 e. The molecule has 22 heavy (non-hydrogen) atoms. The van der Waals surface area contributed by atoms with Crippen molar-refractivity contribution in [3.05, 3.63) is 52.5 Å². The molecule has 0 aliphatic carbocycles. The molecule has 118 valence electrons. The highest BCUT2D eigenvalue weighted by molar-refractivity contribution is 6.35. The summed E-state index contributed by atoms with van der Waals surface area (Å²) in [4.78, 5) is 4.12. The molecule has 2 atom stereocenters. The highest BCUT2D eigenvalue weighted by atomic mass is 35.5. The van der Waals surface area contributed by atoms with Gasteiger partial charge in [0.1, 0.15) is 5.60 Å². The third kappa shape index (κ3) is 3.03. The number of epoxide rings is 1. The topological polar surface area (TPSA) is 30.4 Å². The van der Waals surface area contributed by atoms with E-state index in [1.807, 2.05) is 22.9 Å². The molecule has 1 aromatic heterocycles. The Labute approximate surface area is 141 Å². The van der Waals surface area contributed by atoms with E-state index < -0.39 is 0 Å². The second-order valence-corrected chi connectivity index (χ2v) is 6.65. The van der Waals surface area contributed by atoms with Crippen molar-refractivity contribution in [2.24, 2.45) is 0 Å². The first kappa shape index (κ1) is 15.9. The van der Waals surface area contributed by atoms with Crippen molar-refractivity contribution in [3.8, 4) is 0 Å². The second kappa shape index (κ2) is 6.61. The number of ether oxygens (including phenoxy) is 1. The summed E-state index contributed by atoms with van der Waals surface area (Å²) in [7, 11) is 0. The van der Waals surface area contributed by atoms with Gasteiger partial charge in [-0.1, -0.05) is 61.9 Å². The number of nitrogens with zero attached hydrogens (tertiary/aromatic N) is 2. The Kier molecular flexibility index (Phi) is 4.76. The molecular formula is C17H20Cl2N2O. The van der Waals surface area contributed by atoms with E-state index in [4.69, 9.17) is 27.9 Å². The molecule has 2 heterocycles. The van der Waals surface area contributed by atoms with Crippen LogP contribution in [0.15, 0.2) is 36.9 Å². The molecule has 3 nitrogen and oxygen atoms in total. The summed E-state index contributed by atoms with van der Waals surface area (Å²) in [6, 6.07) is 5.66. The Balaban J connectivity index is 1.84. The van der Waals surface area contributed by atoms with Crippen molar-refractivity contribution >= 4 is 23.2 Å². The van der Waals surface area contributed by atoms with Gasteiger partial charge in [0.2, 0.25) is 0 Å². The molecule has 0 radical (unpaired) electrons. The third-order valence-electron chi connectivity index (χ3n) is 4.25. The van der Waals surface area contributed by atoms with Gasteiger partial charge in [-0.15, -0.1) is 0 Å². The van der Waals surface area contributed by atoms with Crippen LogP contribution in [-0.4, -0.2) is 9.55 Å². The minimum absolute atomic E-state index is 0.0321. The van der Waals surface area contributed by atoms with Gasteiger partial charge in [0.25, 0.3) is 0 Å². The van der Waals surface area contributed by atoms with E-state index in [2.05, 4.69) is 11.9 Å². The zero-order chi connectivity index (χ0) is 15.6. The van der Waals surface area contributed by atoms with E-state index in [9.17, 15) is 0 Å². The van der Waals surface area contributed by atoms with E-state index in [-0.39, 0.29) is 11.8 Å². The van der Waals surface area contributed by atoms with Gasteiger partial charge in [-0.25, -0.2) is 4.98 Å². The molecule has 1 saturated heterocycles. The monoisotopic (exact) mass is 338 g/mol. The van der Waals surface area contributed by atoms with Crippen LogP contribution in [0.1, 0.15) is 50.8 Å². The van der Waals surface area contributed by atoms with Gasteiger partial charge in [-0.05, 0) is 18.6 Å². The highest BCUT2D eigenvalue weighted by Crippen LogP contribution is 2.58. The molecule has 0 N–H and O–H groups in total. The molecule has 0 amide bonds. The molecule has 5 heteroatoms.